The number of aromatic nitrogens is 2. The van der Waals surface area contributed by atoms with Crippen molar-refractivity contribution in [2.24, 2.45) is 5.92 Å². The van der Waals surface area contributed by atoms with Crippen molar-refractivity contribution >= 4 is 39.0 Å². The van der Waals surface area contributed by atoms with Crippen LogP contribution in [0.4, 0.5) is 11.5 Å². The number of fused-ring (bicyclic) bond motifs is 1. The number of hydrogen-bond donors (Lipinski definition) is 1. The maximum atomic E-state index is 12.4. The molecule has 2 aromatic heterocycles. The Morgan fingerprint density at radius 3 is 2.62 bits per heavy atom. The molecule has 0 radical (unpaired) electrons. The minimum Gasteiger partial charge on any atom is -0.497 e. The maximum absolute atomic E-state index is 12.4. The lowest BCUT2D eigenvalue weighted by molar-refractivity contribution is 0.0464. The van der Waals surface area contributed by atoms with Gasteiger partial charge in [0.15, 0.2) is 0 Å². The van der Waals surface area contributed by atoms with Gasteiger partial charge in [0.25, 0.3) is 0 Å². The number of rotatable bonds is 6. The first-order chi connectivity index (χ1) is 12.5. The van der Waals surface area contributed by atoms with Gasteiger partial charge in [0.2, 0.25) is 0 Å². The molecule has 0 fully saturated rings. The molecule has 1 aromatic carbocycles. The Bertz CT molecular complexity index is 920. The highest BCUT2D eigenvalue weighted by Gasteiger charge is 2.20. The topological polar surface area (TPSA) is 73.3 Å². The highest BCUT2D eigenvalue weighted by atomic mass is 32.1. The Morgan fingerprint density at radius 1 is 1.23 bits per heavy atom. The minimum absolute atomic E-state index is 0.292. The number of hydrogen-bond acceptors (Lipinski definition) is 7. The number of aryl methyl sites for hydroxylation is 1. The molecule has 6 nitrogen and oxygen atoms in total. The lowest BCUT2D eigenvalue weighted by Gasteiger charge is -2.08. The molecule has 0 aliphatic heterocycles. The summed E-state index contributed by atoms with van der Waals surface area (Å²) in [5.74, 6) is 1.43. The lowest BCUT2D eigenvalue weighted by atomic mass is 10.2. The van der Waals surface area contributed by atoms with Gasteiger partial charge in [-0.3, -0.25) is 0 Å². The highest BCUT2D eigenvalue weighted by molar-refractivity contribution is 7.20. The zero-order valence-electron chi connectivity index (χ0n) is 15.2. The fourth-order valence-corrected chi connectivity index (χ4v) is 3.52. The van der Waals surface area contributed by atoms with E-state index in [1.54, 1.807) is 7.11 Å². The van der Waals surface area contributed by atoms with E-state index in [-0.39, 0.29) is 5.97 Å². The molecule has 0 spiro atoms. The summed E-state index contributed by atoms with van der Waals surface area (Å²) in [5.41, 5.74) is 1.70. The van der Waals surface area contributed by atoms with Gasteiger partial charge in [-0.1, -0.05) is 13.8 Å². The van der Waals surface area contributed by atoms with Gasteiger partial charge in [0.1, 0.15) is 27.6 Å². The van der Waals surface area contributed by atoms with Crippen LogP contribution in [-0.4, -0.2) is 29.7 Å². The van der Waals surface area contributed by atoms with E-state index < -0.39 is 0 Å². The van der Waals surface area contributed by atoms with Crippen LogP contribution in [0.2, 0.25) is 0 Å². The van der Waals surface area contributed by atoms with Crippen LogP contribution < -0.4 is 10.1 Å². The van der Waals surface area contributed by atoms with Gasteiger partial charge in [-0.2, -0.15) is 0 Å². The number of ether oxygens (including phenoxy) is 2. The molecule has 7 heteroatoms. The van der Waals surface area contributed by atoms with E-state index in [0.29, 0.717) is 23.2 Å². The lowest BCUT2D eigenvalue weighted by Crippen LogP contribution is -2.09. The molecule has 3 aromatic rings. The summed E-state index contributed by atoms with van der Waals surface area (Å²) < 4.78 is 10.5. The number of methoxy groups -OCH3 is 1. The molecule has 0 unspecified atom stereocenters. The average molecular weight is 371 g/mol. The smallest absolute Gasteiger partial charge is 0.348 e. The van der Waals surface area contributed by atoms with Crippen LogP contribution in [0.25, 0.3) is 10.2 Å². The number of nitrogens with one attached hydrogen (secondary N) is 1. The molecule has 0 aliphatic rings. The van der Waals surface area contributed by atoms with Crippen LogP contribution in [0.5, 0.6) is 5.75 Å². The van der Waals surface area contributed by atoms with E-state index in [1.165, 1.54) is 17.7 Å². The van der Waals surface area contributed by atoms with Crippen molar-refractivity contribution in [3.05, 3.63) is 41.0 Å². The van der Waals surface area contributed by atoms with E-state index in [2.05, 4.69) is 15.3 Å². The first-order valence-corrected chi connectivity index (χ1v) is 9.13. The first kappa shape index (κ1) is 18.1. The highest BCUT2D eigenvalue weighted by Crippen LogP contribution is 2.35. The minimum atomic E-state index is -0.311. The van der Waals surface area contributed by atoms with Gasteiger partial charge < -0.3 is 14.8 Å². The zero-order chi connectivity index (χ0) is 18.7. The van der Waals surface area contributed by atoms with Crippen molar-refractivity contribution in [3.63, 3.8) is 0 Å². The van der Waals surface area contributed by atoms with Crippen LogP contribution in [0.1, 0.15) is 29.1 Å². The molecule has 3 rings (SSSR count). The average Bonchev–Trinajstić information content (AvgIpc) is 2.98. The molecule has 0 atom stereocenters. The zero-order valence-corrected chi connectivity index (χ0v) is 16.0. The molecule has 1 N–H and O–H groups in total. The quantitative estimate of drug-likeness (QED) is 0.640. The Morgan fingerprint density at radius 2 is 1.96 bits per heavy atom. The number of carbonyl (C=O) groups is 1. The summed E-state index contributed by atoms with van der Waals surface area (Å²) in [5, 5.41) is 4.13. The molecular formula is C19H21N3O3S. The normalized spacial score (nSPS) is 11.0. The third kappa shape index (κ3) is 3.77. The number of nitrogens with zero attached hydrogens (tertiary/aromatic N) is 2. The van der Waals surface area contributed by atoms with Gasteiger partial charge >= 0.3 is 5.97 Å². The number of esters is 1. The number of anilines is 2. The molecule has 0 saturated heterocycles. The second-order valence-electron chi connectivity index (χ2n) is 6.30. The molecule has 26 heavy (non-hydrogen) atoms. The molecule has 136 valence electrons. The maximum Gasteiger partial charge on any atom is 0.348 e. The molecule has 0 saturated carbocycles. The van der Waals surface area contributed by atoms with E-state index >= 15 is 0 Å². The van der Waals surface area contributed by atoms with Crippen molar-refractivity contribution in [3.8, 4) is 5.75 Å². The van der Waals surface area contributed by atoms with Gasteiger partial charge in [-0.15, -0.1) is 11.3 Å². The molecule has 0 aliphatic carbocycles. The van der Waals surface area contributed by atoms with E-state index in [1.807, 2.05) is 45.0 Å². The van der Waals surface area contributed by atoms with Crippen molar-refractivity contribution < 1.29 is 14.3 Å². The number of benzene rings is 1. The van der Waals surface area contributed by atoms with Crippen molar-refractivity contribution in [2.75, 3.05) is 19.0 Å². The van der Waals surface area contributed by atoms with E-state index in [9.17, 15) is 4.79 Å². The first-order valence-electron chi connectivity index (χ1n) is 8.32. The molecule has 0 amide bonds. The molecule has 2 heterocycles. The van der Waals surface area contributed by atoms with Crippen LogP contribution in [0.15, 0.2) is 30.6 Å². The molecular weight excluding hydrogens is 350 g/mol. The predicted octanol–water partition coefficient (Wildman–Crippen LogP) is 4.56. The standard InChI is InChI=1S/C19H21N3O3S/c1-11(2)9-25-19(23)16-12(3)15-17(20-10-21-18(15)26-16)22-13-5-7-14(24-4)8-6-13/h5-8,10-11H,9H2,1-4H3,(H,20,21,22). The predicted molar refractivity (Wildman–Crippen MR) is 104 cm³/mol. The van der Waals surface area contributed by atoms with Gasteiger partial charge in [0.05, 0.1) is 19.1 Å². The summed E-state index contributed by atoms with van der Waals surface area (Å²) in [6.07, 6.45) is 1.49. The summed E-state index contributed by atoms with van der Waals surface area (Å²) in [4.78, 5) is 22.4. The Hall–Kier alpha value is -2.67. The van der Waals surface area contributed by atoms with Gasteiger partial charge in [0, 0.05) is 5.69 Å². The Labute approximate surface area is 156 Å². The largest absolute Gasteiger partial charge is 0.497 e. The summed E-state index contributed by atoms with van der Waals surface area (Å²) in [7, 11) is 1.63. The Kier molecular flexibility index (Phi) is 5.37. The second kappa shape index (κ2) is 7.70. The van der Waals surface area contributed by atoms with Crippen LogP contribution in [0, 0.1) is 12.8 Å². The fraction of sp³-hybridized carbons (Fsp3) is 0.316. The SMILES string of the molecule is COc1ccc(Nc2ncnc3sc(C(=O)OCC(C)C)c(C)c23)cc1. The van der Waals surface area contributed by atoms with Gasteiger partial charge in [-0.05, 0) is 42.7 Å². The fourth-order valence-electron chi connectivity index (χ4n) is 2.48. The summed E-state index contributed by atoms with van der Waals surface area (Å²) in [6, 6.07) is 7.56. The van der Waals surface area contributed by atoms with E-state index in [0.717, 1.165) is 27.2 Å². The van der Waals surface area contributed by atoms with Crippen molar-refractivity contribution in [2.45, 2.75) is 20.8 Å². The van der Waals surface area contributed by atoms with Crippen LogP contribution in [-0.2, 0) is 4.74 Å². The third-order valence-corrected chi connectivity index (χ3v) is 4.99. The van der Waals surface area contributed by atoms with Gasteiger partial charge in [-0.25, -0.2) is 14.8 Å². The van der Waals surface area contributed by atoms with Crippen molar-refractivity contribution in [1.82, 2.24) is 9.97 Å². The second-order valence-corrected chi connectivity index (χ2v) is 7.30. The van der Waals surface area contributed by atoms with E-state index in [4.69, 9.17) is 9.47 Å². The Balaban J connectivity index is 1.92. The monoisotopic (exact) mass is 371 g/mol. The van der Waals surface area contributed by atoms with Crippen LogP contribution in [0.3, 0.4) is 0 Å². The summed E-state index contributed by atoms with van der Waals surface area (Å²) in [6.45, 7) is 6.31. The van der Waals surface area contributed by atoms with Crippen LogP contribution >= 0.6 is 11.3 Å². The van der Waals surface area contributed by atoms with Crippen molar-refractivity contribution in [1.29, 1.82) is 0 Å². The number of carbonyl (C=O) groups excluding carboxylic acids is 1. The summed E-state index contributed by atoms with van der Waals surface area (Å²) >= 11 is 1.33. The molecule has 0 bridgehead atoms. The third-order valence-electron chi connectivity index (χ3n) is 3.81. The number of thiophene rings is 1.